The number of halogens is 1. The monoisotopic (exact) mass is 448 g/mol. The fourth-order valence-corrected chi connectivity index (χ4v) is 3.55. The van der Waals surface area contributed by atoms with E-state index >= 15 is 0 Å². The van der Waals surface area contributed by atoms with Gasteiger partial charge in [0, 0.05) is 5.69 Å². The van der Waals surface area contributed by atoms with Crippen LogP contribution in [0.5, 0.6) is 0 Å². The van der Waals surface area contributed by atoms with Crippen molar-refractivity contribution in [2.75, 3.05) is 19.0 Å². The number of nitrogens with zero attached hydrogens (tertiary/aromatic N) is 3. The van der Waals surface area contributed by atoms with E-state index in [1.807, 2.05) is 19.9 Å². The molecule has 1 amide bonds. The summed E-state index contributed by atoms with van der Waals surface area (Å²) in [4.78, 5) is 40.7. The predicted molar refractivity (Wildman–Crippen MR) is 110 cm³/mol. The first-order valence-electron chi connectivity index (χ1n) is 8.63. The molecule has 0 aliphatic rings. The third kappa shape index (κ3) is 4.66. The Morgan fingerprint density at radius 1 is 1.20 bits per heavy atom. The number of carbonyl (C=O) groups excluding carboxylic acids is 3. The van der Waals surface area contributed by atoms with Crippen LogP contribution in [0.15, 0.2) is 29.6 Å². The van der Waals surface area contributed by atoms with Crippen molar-refractivity contribution >= 4 is 46.5 Å². The summed E-state index contributed by atoms with van der Waals surface area (Å²) in [5.74, 6) is -1.67. The van der Waals surface area contributed by atoms with Gasteiger partial charge in [0.15, 0.2) is 18.1 Å². The topological polar surface area (TPSA) is 112 Å². The van der Waals surface area contributed by atoms with E-state index in [9.17, 15) is 14.4 Å². The van der Waals surface area contributed by atoms with Crippen molar-refractivity contribution in [3.8, 4) is 5.82 Å². The third-order valence-electron chi connectivity index (χ3n) is 3.90. The van der Waals surface area contributed by atoms with Crippen LogP contribution in [0.1, 0.15) is 31.5 Å². The van der Waals surface area contributed by atoms with E-state index in [0.29, 0.717) is 5.82 Å². The predicted octanol–water partition coefficient (Wildman–Crippen LogP) is 3.18. The first-order chi connectivity index (χ1) is 14.3. The van der Waals surface area contributed by atoms with Gasteiger partial charge in [-0.05, 0) is 43.5 Å². The van der Waals surface area contributed by atoms with Gasteiger partial charge >= 0.3 is 11.9 Å². The molecule has 0 radical (unpaired) electrons. The molecule has 0 unspecified atom stereocenters. The van der Waals surface area contributed by atoms with Crippen LogP contribution in [0.25, 0.3) is 5.82 Å². The summed E-state index contributed by atoms with van der Waals surface area (Å²) < 4.78 is 11.2. The molecule has 0 aliphatic heterocycles. The fraction of sp³-hybridized carbons (Fsp3) is 0.211. The number of rotatable bonds is 6. The summed E-state index contributed by atoms with van der Waals surface area (Å²) in [5.41, 5.74) is 1.76. The van der Waals surface area contributed by atoms with E-state index < -0.39 is 24.5 Å². The molecule has 156 valence electrons. The highest BCUT2D eigenvalue weighted by molar-refractivity contribution is 7.12. The molecule has 0 aliphatic carbocycles. The van der Waals surface area contributed by atoms with Crippen LogP contribution in [0.4, 0.5) is 5.69 Å². The van der Waals surface area contributed by atoms with Crippen LogP contribution in [-0.4, -0.2) is 46.3 Å². The van der Waals surface area contributed by atoms with Crippen LogP contribution in [0.3, 0.4) is 0 Å². The maximum atomic E-state index is 12.4. The molecule has 0 atom stereocenters. The summed E-state index contributed by atoms with van der Waals surface area (Å²) in [5, 5.41) is 8.52. The summed E-state index contributed by atoms with van der Waals surface area (Å²) in [6, 6.07) is 6.54. The number of methoxy groups -OCH3 is 1. The molecule has 0 fully saturated rings. The van der Waals surface area contributed by atoms with E-state index in [2.05, 4.69) is 20.1 Å². The first-order valence-corrected chi connectivity index (χ1v) is 9.89. The quantitative estimate of drug-likeness (QED) is 0.576. The Bertz CT molecular complexity index is 1120. The van der Waals surface area contributed by atoms with Crippen molar-refractivity contribution in [3.05, 3.63) is 56.6 Å². The zero-order valence-electron chi connectivity index (χ0n) is 16.3. The van der Waals surface area contributed by atoms with Gasteiger partial charge in [0.25, 0.3) is 5.91 Å². The van der Waals surface area contributed by atoms with Crippen molar-refractivity contribution in [1.82, 2.24) is 14.8 Å². The highest BCUT2D eigenvalue weighted by Crippen LogP contribution is 2.23. The number of carbonyl (C=O) groups is 3. The SMILES string of the molecule is COC(=O)c1sccc1NC(=O)COC(=O)c1nc(-n2nc(C)cc2C)ccc1Cl. The zero-order valence-corrected chi connectivity index (χ0v) is 17.8. The Morgan fingerprint density at radius 2 is 1.97 bits per heavy atom. The minimum Gasteiger partial charge on any atom is -0.465 e. The lowest BCUT2D eigenvalue weighted by Crippen LogP contribution is -2.22. The Hall–Kier alpha value is -3.24. The second kappa shape index (κ2) is 9.06. The molecule has 0 saturated heterocycles. The average Bonchev–Trinajstić information content (AvgIpc) is 3.31. The number of nitrogens with one attached hydrogen (secondary N) is 1. The van der Waals surface area contributed by atoms with Gasteiger partial charge in [0.2, 0.25) is 0 Å². The summed E-state index contributed by atoms with van der Waals surface area (Å²) >= 11 is 7.20. The number of aromatic nitrogens is 3. The van der Waals surface area contributed by atoms with Gasteiger partial charge in [0.1, 0.15) is 4.88 Å². The number of amides is 1. The van der Waals surface area contributed by atoms with E-state index in [-0.39, 0.29) is 21.3 Å². The minimum atomic E-state index is -0.864. The van der Waals surface area contributed by atoms with Gasteiger partial charge in [-0.2, -0.15) is 5.10 Å². The van der Waals surface area contributed by atoms with Crippen molar-refractivity contribution in [3.63, 3.8) is 0 Å². The maximum Gasteiger partial charge on any atom is 0.359 e. The molecule has 1 N–H and O–H groups in total. The largest absolute Gasteiger partial charge is 0.465 e. The lowest BCUT2D eigenvalue weighted by atomic mass is 10.3. The van der Waals surface area contributed by atoms with Gasteiger partial charge in [0.05, 0.1) is 23.5 Å². The highest BCUT2D eigenvalue weighted by atomic mass is 35.5. The molecule has 30 heavy (non-hydrogen) atoms. The fourth-order valence-electron chi connectivity index (χ4n) is 2.60. The highest BCUT2D eigenvalue weighted by Gasteiger charge is 2.20. The molecule has 3 aromatic heterocycles. The molecule has 3 heterocycles. The van der Waals surface area contributed by atoms with Crippen LogP contribution < -0.4 is 5.32 Å². The lowest BCUT2D eigenvalue weighted by molar-refractivity contribution is -0.119. The number of hydrogen-bond acceptors (Lipinski definition) is 8. The number of ether oxygens (including phenoxy) is 2. The smallest absolute Gasteiger partial charge is 0.359 e. The average molecular weight is 449 g/mol. The van der Waals surface area contributed by atoms with E-state index in [1.165, 1.54) is 13.2 Å². The van der Waals surface area contributed by atoms with Crippen molar-refractivity contribution in [2.45, 2.75) is 13.8 Å². The molecule has 0 spiro atoms. The lowest BCUT2D eigenvalue weighted by Gasteiger charge is -2.09. The number of pyridine rings is 1. The number of thiophene rings is 1. The second-order valence-electron chi connectivity index (χ2n) is 6.12. The Labute approximate surface area is 180 Å². The van der Waals surface area contributed by atoms with Crippen LogP contribution in [0.2, 0.25) is 5.02 Å². The summed E-state index contributed by atoms with van der Waals surface area (Å²) in [7, 11) is 1.24. The molecule has 0 saturated carbocycles. The van der Waals surface area contributed by atoms with Crippen LogP contribution in [0, 0.1) is 13.8 Å². The normalized spacial score (nSPS) is 10.5. The summed E-state index contributed by atoms with van der Waals surface area (Å²) in [6.45, 7) is 3.11. The van der Waals surface area contributed by atoms with Crippen LogP contribution in [-0.2, 0) is 14.3 Å². The van der Waals surface area contributed by atoms with Gasteiger partial charge in [-0.3, -0.25) is 4.79 Å². The number of hydrogen-bond donors (Lipinski definition) is 1. The molecular weight excluding hydrogens is 432 g/mol. The van der Waals surface area contributed by atoms with Crippen molar-refractivity contribution < 1.29 is 23.9 Å². The maximum absolute atomic E-state index is 12.4. The molecule has 9 nitrogen and oxygen atoms in total. The van der Waals surface area contributed by atoms with Crippen molar-refractivity contribution in [1.29, 1.82) is 0 Å². The Balaban J connectivity index is 1.68. The van der Waals surface area contributed by atoms with Gasteiger partial charge in [-0.15, -0.1) is 11.3 Å². The van der Waals surface area contributed by atoms with Gasteiger partial charge < -0.3 is 14.8 Å². The van der Waals surface area contributed by atoms with E-state index in [4.69, 9.17) is 16.3 Å². The number of anilines is 1. The van der Waals surface area contributed by atoms with Gasteiger partial charge in [-0.1, -0.05) is 11.6 Å². The second-order valence-corrected chi connectivity index (χ2v) is 7.44. The minimum absolute atomic E-state index is 0.0801. The van der Waals surface area contributed by atoms with E-state index in [0.717, 1.165) is 22.7 Å². The van der Waals surface area contributed by atoms with Crippen LogP contribution >= 0.6 is 22.9 Å². The molecular formula is C19H17ClN4O5S. The first kappa shape index (κ1) is 21.5. The van der Waals surface area contributed by atoms with Crippen molar-refractivity contribution in [2.24, 2.45) is 0 Å². The Kier molecular flexibility index (Phi) is 6.48. The Morgan fingerprint density at radius 3 is 2.63 bits per heavy atom. The molecule has 11 heteroatoms. The molecule has 3 aromatic rings. The molecule has 3 rings (SSSR count). The molecule has 0 bridgehead atoms. The standard InChI is InChI=1S/C19H17ClN4O5S/c1-10-8-11(2)24(23-10)14-5-4-12(20)16(22-14)18(26)29-9-15(25)21-13-6-7-30-17(13)19(27)28-3/h4-8H,9H2,1-3H3,(H,21,25). The zero-order chi connectivity index (χ0) is 21.8. The molecule has 0 aromatic carbocycles. The summed E-state index contributed by atoms with van der Waals surface area (Å²) in [6.07, 6.45) is 0. The van der Waals surface area contributed by atoms with E-state index in [1.54, 1.807) is 22.2 Å². The third-order valence-corrected chi connectivity index (χ3v) is 5.10. The van der Waals surface area contributed by atoms with Gasteiger partial charge in [-0.25, -0.2) is 19.3 Å². The number of aryl methyl sites for hydroxylation is 2. The number of esters is 2.